The second-order valence-corrected chi connectivity index (χ2v) is 4.54. The number of nitrogens with one attached hydrogen (secondary N) is 4. The Hall–Kier alpha value is -2.77. The molecule has 1 fully saturated rings. The second kappa shape index (κ2) is 6.12. The Morgan fingerprint density at radius 3 is 2.81 bits per heavy atom. The molecule has 21 heavy (non-hydrogen) atoms. The first-order valence-electron chi connectivity index (χ1n) is 6.39. The zero-order valence-electron chi connectivity index (χ0n) is 11.4. The van der Waals surface area contributed by atoms with E-state index < -0.39 is 17.9 Å². The Morgan fingerprint density at radius 1 is 1.43 bits per heavy atom. The number of rotatable bonds is 4. The molecule has 8 nitrogen and oxygen atoms in total. The van der Waals surface area contributed by atoms with E-state index in [-0.39, 0.29) is 30.0 Å². The van der Waals surface area contributed by atoms with Crippen LogP contribution in [0.3, 0.4) is 0 Å². The molecule has 3 amide bonds. The Morgan fingerprint density at radius 2 is 2.19 bits per heavy atom. The van der Waals surface area contributed by atoms with Gasteiger partial charge in [-0.3, -0.25) is 19.7 Å². The maximum Gasteiger partial charge on any atom is 0.256 e. The summed E-state index contributed by atoms with van der Waals surface area (Å²) in [6, 6.07) is 4.11. The SMILES string of the molecule is CNc1cccc(N=N)c1C(=O)NC1CCC(=O)NC1=O. The number of carbonyl (C=O) groups excluding carboxylic acids is 3. The van der Waals surface area contributed by atoms with Crippen LogP contribution in [-0.2, 0) is 9.59 Å². The van der Waals surface area contributed by atoms with Gasteiger partial charge in [0.1, 0.15) is 6.04 Å². The summed E-state index contributed by atoms with van der Waals surface area (Å²) >= 11 is 0. The van der Waals surface area contributed by atoms with Crippen molar-refractivity contribution in [3.63, 3.8) is 0 Å². The monoisotopic (exact) mass is 289 g/mol. The molecule has 110 valence electrons. The molecule has 1 aromatic rings. The van der Waals surface area contributed by atoms with Crippen molar-refractivity contribution < 1.29 is 14.4 Å². The predicted molar refractivity (Wildman–Crippen MR) is 74.4 cm³/mol. The van der Waals surface area contributed by atoms with Crippen LogP contribution in [0.5, 0.6) is 0 Å². The third kappa shape index (κ3) is 3.04. The molecule has 2 rings (SSSR count). The van der Waals surface area contributed by atoms with Crippen LogP contribution in [-0.4, -0.2) is 30.8 Å². The molecule has 0 aromatic heterocycles. The standard InChI is InChI=1S/C13H15N5O3/c1-15-7-3-2-4-8(18-14)11(7)13(21)16-9-5-6-10(19)17-12(9)20/h2-4,9,14-15H,5-6H2,1H3,(H,16,21)(H,17,19,20). The van der Waals surface area contributed by atoms with Gasteiger partial charge in [-0.05, 0) is 18.6 Å². The minimum atomic E-state index is -0.765. The Labute approximate surface area is 120 Å². The topological polar surface area (TPSA) is 124 Å². The quantitative estimate of drug-likeness (QED) is 0.486. The average molecular weight is 289 g/mol. The molecule has 1 saturated heterocycles. The molecule has 4 N–H and O–H groups in total. The lowest BCUT2D eigenvalue weighted by molar-refractivity contribution is -0.134. The average Bonchev–Trinajstić information content (AvgIpc) is 2.49. The number of piperidine rings is 1. The fourth-order valence-electron chi connectivity index (χ4n) is 2.14. The van der Waals surface area contributed by atoms with Gasteiger partial charge in [-0.2, -0.15) is 5.11 Å². The van der Waals surface area contributed by atoms with Crippen LogP contribution in [0.25, 0.3) is 0 Å². The highest BCUT2D eigenvalue weighted by Crippen LogP contribution is 2.26. The van der Waals surface area contributed by atoms with Crippen LogP contribution in [0.4, 0.5) is 11.4 Å². The molecule has 0 bridgehead atoms. The Bertz CT molecular complexity index is 614. The number of amides is 3. The zero-order valence-corrected chi connectivity index (χ0v) is 11.4. The van der Waals surface area contributed by atoms with Gasteiger partial charge >= 0.3 is 0 Å². The number of nitrogens with zero attached hydrogens (tertiary/aromatic N) is 1. The fourth-order valence-corrected chi connectivity index (χ4v) is 2.14. The molecule has 0 spiro atoms. The summed E-state index contributed by atoms with van der Waals surface area (Å²) in [6.07, 6.45) is 0.436. The number of hydrogen-bond donors (Lipinski definition) is 4. The molecule has 1 aromatic carbocycles. The number of benzene rings is 1. The van der Waals surface area contributed by atoms with Crippen molar-refractivity contribution >= 4 is 29.1 Å². The molecule has 0 radical (unpaired) electrons. The first-order chi connectivity index (χ1) is 10.1. The Kier molecular flexibility index (Phi) is 4.27. The van der Waals surface area contributed by atoms with Gasteiger partial charge in [-0.1, -0.05) is 6.07 Å². The van der Waals surface area contributed by atoms with Gasteiger partial charge in [0, 0.05) is 19.2 Å². The van der Waals surface area contributed by atoms with Crippen molar-refractivity contribution in [1.29, 1.82) is 5.53 Å². The summed E-state index contributed by atoms with van der Waals surface area (Å²) in [6.45, 7) is 0. The summed E-state index contributed by atoms with van der Waals surface area (Å²) in [5.41, 5.74) is 8.03. The van der Waals surface area contributed by atoms with Crippen LogP contribution < -0.4 is 16.0 Å². The van der Waals surface area contributed by atoms with Gasteiger partial charge in [0.2, 0.25) is 11.8 Å². The molecule has 1 heterocycles. The lowest BCUT2D eigenvalue weighted by Crippen LogP contribution is -2.52. The van der Waals surface area contributed by atoms with Crippen molar-refractivity contribution in [3.8, 4) is 0 Å². The van der Waals surface area contributed by atoms with Crippen LogP contribution in [0, 0.1) is 5.53 Å². The predicted octanol–water partition coefficient (Wildman–Crippen LogP) is 0.926. The lowest BCUT2D eigenvalue weighted by atomic mass is 10.0. The van der Waals surface area contributed by atoms with Crippen LogP contribution in [0.1, 0.15) is 23.2 Å². The highest BCUT2D eigenvalue weighted by molar-refractivity contribution is 6.07. The molecule has 1 unspecified atom stereocenters. The molecule has 1 aliphatic rings. The number of hydrogen-bond acceptors (Lipinski definition) is 6. The third-order valence-corrected chi connectivity index (χ3v) is 3.20. The molecule has 1 atom stereocenters. The minimum Gasteiger partial charge on any atom is -0.387 e. The Balaban J connectivity index is 2.22. The van der Waals surface area contributed by atoms with Crippen molar-refractivity contribution in [2.75, 3.05) is 12.4 Å². The first kappa shape index (κ1) is 14.6. The molecule has 0 aliphatic carbocycles. The van der Waals surface area contributed by atoms with Crippen molar-refractivity contribution in [2.24, 2.45) is 5.11 Å². The number of imide groups is 1. The summed E-state index contributed by atoms with van der Waals surface area (Å²) < 4.78 is 0. The summed E-state index contributed by atoms with van der Waals surface area (Å²) in [7, 11) is 1.64. The highest BCUT2D eigenvalue weighted by atomic mass is 16.2. The number of anilines is 1. The van der Waals surface area contributed by atoms with E-state index in [9.17, 15) is 14.4 Å². The fraction of sp³-hybridized carbons (Fsp3) is 0.308. The first-order valence-corrected chi connectivity index (χ1v) is 6.39. The zero-order chi connectivity index (χ0) is 15.4. The lowest BCUT2D eigenvalue weighted by Gasteiger charge is -2.22. The largest absolute Gasteiger partial charge is 0.387 e. The van der Waals surface area contributed by atoms with Crippen LogP contribution in [0.15, 0.2) is 23.3 Å². The normalized spacial score (nSPS) is 17.9. The van der Waals surface area contributed by atoms with Gasteiger partial charge in [0.15, 0.2) is 0 Å². The van der Waals surface area contributed by atoms with E-state index in [2.05, 4.69) is 21.1 Å². The van der Waals surface area contributed by atoms with E-state index in [0.29, 0.717) is 5.69 Å². The van der Waals surface area contributed by atoms with E-state index in [0.717, 1.165) is 0 Å². The molecule has 0 saturated carbocycles. The van der Waals surface area contributed by atoms with Crippen LogP contribution >= 0.6 is 0 Å². The van der Waals surface area contributed by atoms with Gasteiger partial charge in [0.25, 0.3) is 5.91 Å². The van der Waals surface area contributed by atoms with E-state index >= 15 is 0 Å². The smallest absolute Gasteiger partial charge is 0.256 e. The van der Waals surface area contributed by atoms with Crippen molar-refractivity contribution in [1.82, 2.24) is 10.6 Å². The van der Waals surface area contributed by atoms with E-state index in [1.54, 1.807) is 19.2 Å². The maximum absolute atomic E-state index is 12.3. The summed E-state index contributed by atoms with van der Waals surface area (Å²) in [5, 5.41) is 10.9. The highest BCUT2D eigenvalue weighted by Gasteiger charge is 2.29. The third-order valence-electron chi connectivity index (χ3n) is 3.20. The molecular weight excluding hydrogens is 274 g/mol. The number of carbonyl (C=O) groups is 3. The van der Waals surface area contributed by atoms with E-state index in [4.69, 9.17) is 5.53 Å². The molecular formula is C13H15N5O3. The molecule has 1 aliphatic heterocycles. The van der Waals surface area contributed by atoms with Crippen LogP contribution in [0.2, 0.25) is 0 Å². The van der Waals surface area contributed by atoms with Gasteiger partial charge in [-0.15, -0.1) is 0 Å². The van der Waals surface area contributed by atoms with Gasteiger partial charge < -0.3 is 10.6 Å². The van der Waals surface area contributed by atoms with Crippen molar-refractivity contribution in [3.05, 3.63) is 23.8 Å². The summed E-state index contributed by atoms with van der Waals surface area (Å²) in [5.74, 6) is -1.38. The maximum atomic E-state index is 12.3. The van der Waals surface area contributed by atoms with Crippen molar-refractivity contribution in [2.45, 2.75) is 18.9 Å². The van der Waals surface area contributed by atoms with Gasteiger partial charge in [-0.25, -0.2) is 5.53 Å². The van der Waals surface area contributed by atoms with E-state index in [1.807, 2.05) is 0 Å². The van der Waals surface area contributed by atoms with E-state index in [1.165, 1.54) is 6.07 Å². The second-order valence-electron chi connectivity index (χ2n) is 4.54. The molecule has 8 heteroatoms. The minimum absolute atomic E-state index is 0.181. The van der Waals surface area contributed by atoms with Gasteiger partial charge in [0.05, 0.1) is 11.3 Å². The summed E-state index contributed by atoms with van der Waals surface area (Å²) in [4.78, 5) is 35.1.